The Balaban J connectivity index is 2.33. The van der Waals surface area contributed by atoms with Crippen LogP contribution in [-0.4, -0.2) is 23.5 Å². The van der Waals surface area contributed by atoms with Gasteiger partial charge in [0.05, 0.1) is 0 Å². The monoisotopic (exact) mass is 344 g/mol. The second-order valence-electron chi connectivity index (χ2n) is 5.35. The average Bonchev–Trinajstić information content (AvgIpc) is 2.74. The molecule has 2 rings (SSSR count). The molecule has 0 aliphatic carbocycles. The van der Waals surface area contributed by atoms with Gasteiger partial charge in [-0.3, -0.25) is 4.90 Å². The third kappa shape index (κ3) is 3.15. The topological polar surface area (TPSA) is 29.3 Å². The van der Waals surface area contributed by atoms with Crippen LogP contribution >= 0.6 is 27.5 Å². The van der Waals surface area contributed by atoms with E-state index in [4.69, 9.17) is 17.3 Å². The molecule has 0 aromatic heterocycles. The van der Waals surface area contributed by atoms with Crippen LogP contribution in [-0.2, 0) is 0 Å². The Morgan fingerprint density at radius 1 is 1.47 bits per heavy atom. The number of rotatable bonds is 4. The summed E-state index contributed by atoms with van der Waals surface area (Å²) in [4.78, 5) is 2.56. The molecule has 1 saturated heterocycles. The van der Waals surface area contributed by atoms with E-state index in [-0.39, 0.29) is 6.04 Å². The van der Waals surface area contributed by atoms with Crippen LogP contribution in [0.15, 0.2) is 22.7 Å². The van der Waals surface area contributed by atoms with Gasteiger partial charge in [-0.25, -0.2) is 0 Å². The predicted molar refractivity (Wildman–Crippen MR) is 85.6 cm³/mol. The first-order chi connectivity index (χ1) is 9.08. The van der Waals surface area contributed by atoms with Gasteiger partial charge in [0.25, 0.3) is 0 Å². The molecule has 19 heavy (non-hydrogen) atoms. The quantitative estimate of drug-likeness (QED) is 0.878. The highest BCUT2D eigenvalue weighted by Gasteiger charge is 2.35. The first kappa shape index (κ1) is 15.3. The molecule has 1 heterocycles. The minimum Gasteiger partial charge on any atom is -0.329 e. The Bertz CT molecular complexity index is 438. The van der Waals surface area contributed by atoms with E-state index >= 15 is 0 Å². The predicted octanol–water partition coefficient (Wildman–Crippen LogP) is 4.37. The van der Waals surface area contributed by atoms with E-state index in [0.717, 1.165) is 15.1 Å². The lowest BCUT2D eigenvalue weighted by atomic mass is 10.0. The van der Waals surface area contributed by atoms with Gasteiger partial charge >= 0.3 is 0 Å². The summed E-state index contributed by atoms with van der Waals surface area (Å²) in [7, 11) is 0. The van der Waals surface area contributed by atoms with Gasteiger partial charge < -0.3 is 5.73 Å². The van der Waals surface area contributed by atoms with Gasteiger partial charge in [-0.1, -0.05) is 40.5 Å². The van der Waals surface area contributed by atoms with Crippen LogP contribution in [0.2, 0.25) is 5.02 Å². The Labute approximate surface area is 129 Å². The summed E-state index contributed by atoms with van der Waals surface area (Å²) in [6, 6.07) is 7.54. The molecule has 0 amide bonds. The smallest absolute Gasteiger partial charge is 0.0490 e. The first-order valence-electron chi connectivity index (χ1n) is 7.00. The molecule has 2 nitrogen and oxygen atoms in total. The zero-order valence-electron chi connectivity index (χ0n) is 11.6. The van der Waals surface area contributed by atoms with E-state index in [1.54, 1.807) is 0 Å². The molecule has 0 saturated carbocycles. The van der Waals surface area contributed by atoms with Crippen molar-refractivity contribution in [2.45, 2.75) is 51.2 Å². The molecule has 3 atom stereocenters. The molecule has 0 spiro atoms. The number of nitrogens with zero attached hydrogens (tertiary/aromatic N) is 1. The van der Waals surface area contributed by atoms with E-state index in [0.29, 0.717) is 18.6 Å². The second kappa shape index (κ2) is 6.57. The molecule has 106 valence electrons. The highest BCUT2D eigenvalue weighted by atomic mass is 79.9. The number of benzene rings is 1. The molecule has 3 unspecified atom stereocenters. The van der Waals surface area contributed by atoms with E-state index in [1.165, 1.54) is 19.3 Å². The zero-order chi connectivity index (χ0) is 14.0. The largest absolute Gasteiger partial charge is 0.329 e. The summed E-state index contributed by atoms with van der Waals surface area (Å²) in [5.41, 5.74) is 7.21. The van der Waals surface area contributed by atoms with Crippen LogP contribution in [0.5, 0.6) is 0 Å². The Morgan fingerprint density at radius 3 is 2.79 bits per heavy atom. The minimum absolute atomic E-state index is 0.225. The highest BCUT2D eigenvalue weighted by Crippen LogP contribution is 2.37. The van der Waals surface area contributed by atoms with Crippen LogP contribution in [0.1, 0.15) is 44.7 Å². The lowest BCUT2D eigenvalue weighted by molar-refractivity contribution is 0.137. The van der Waals surface area contributed by atoms with Crippen LogP contribution in [0, 0.1) is 0 Å². The average molecular weight is 346 g/mol. The standard InChI is InChI=1S/C15H22BrClN2/c1-3-12-6-4-10(2)19(12)15(9-18)13-7-5-11(16)8-14(13)17/h5,7-8,10,12,15H,3-4,6,9,18H2,1-2H3. The first-order valence-corrected chi connectivity index (χ1v) is 8.18. The van der Waals surface area contributed by atoms with Crippen molar-refractivity contribution in [1.82, 2.24) is 4.90 Å². The summed E-state index contributed by atoms with van der Waals surface area (Å²) in [6.07, 6.45) is 3.69. The molecular formula is C15H22BrClN2. The van der Waals surface area contributed by atoms with Crippen LogP contribution in [0.3, 0.4) is 0 Å². The number of likely N-dealkylation sites (tertiary alicyclic amines) is 1. The maximum atomic E-state index is 6.41. The van der Waals surface area contributed by atoms with Crippen molar-refractivity contribution < 1.29 is 0 Å². The van der Waals surface area contributed by atoms with Crippen molar-refractivity contribution in [2.24, 2.45) is 5.73 Å². The van der Waals surface area contributed by atoms with E-state index in [9.17, 15) is 0 Å². The lowest BCUT2D eigenvalue weighted by Crippen LogP contribution is -2.41. The molecule has 0 bridgehead atoms. The molecular weight excluding hydrogens is 324 g/mol. The maximum absolute atomic E-state index is 6.41. The summed E-state index contributed by atoms with van der Waals surface area (Å²) < 4.78 is 1.01. The molecule has 1 aliphatic rings. The SMILES string of the molecule is CCC1CCC(C)N1C(CN)c1ccc(Br)cc1Cl. The van der Waals surface area contributed by atoms with Gasteiger partial charge in [0.15, 0.2) is 0 Å². The number of halogens is 2. The maximum Gasteiger partial charge on any atom is 0.0490 e. The van der Waals surface area contributed by atoms with Crippen molar-refractivity contribution in [3.05, 3.63) is 33.3 Å². The summed E-state index contributed by atoms with van der Waals surface area (Å²) in [5, 5.41) is 0.804. The van der Waals surface area contributed by atoms with Crippen molar-refractivity contribution in [1.29, 1.82) is 0 Å². The highest BCUT2D eigenvalue weighted by molar-refractivity contribution is 9.10. The zero-order valence-corrected chi connectivity index (χ0v) is 13.9. The number of nitrogens with two attached hydrogens (primary N) is 1. The second-order valence-corrected chi connectivity index (χ2v) is 6.68. The molecule has 1 aromatic rings. The fourth-order valence-corrected chi connectivity index (χ4v) is 4.05. The van der Waals surface area contributed by atoms with E-state index < -0.39 is 0 Å². The van der Waals surface area contributed by atoms with Crippen molar-refractivity contribution in [3.63, 3.8) is 0 Å². The number of hydrogen-bond donors (Lipinski definition) is 1. The van der Waals surface area contributed by atoms with Gasteiger partial charge in [0, 0.05) is 34.2 Å². The van der Waals surface area contributed by atoms with Gasteiger partial charge in [-0.2, -0.15) is 0 Å². The van der Waals surface area contributed by atoms with Crippen molar-refractivity contribution in [3.8, 4) is 0 Å². The van der Waals surface area contributed by atoms with Gasteiger partial charge in [0.2, 0.25) is 0 Å². The normalized spacial score (nSPS) is 25.7. The summed E-state index contributed by atoms with van der Waals surface area (Å²) in [6.45, 7) is 5.17. The fourth-order valence-electron chi connectivity index (χ4n) is 3.25. The fraction of sp³-hybridized carbons (Fsp3) is 0.600. The van der Waals surface area contributed by atoms with Crippen molar-refractivity contribution >= 4 is 27.5 Å². The van der Waals surface area contributed by atoms with Crippen LogP contribution < -0.4 is 5.73 Å². The Hall–Kier alpha value is -0.0900. The molecule has 1 fully saturated rings. The molecule has 2 N–H and O–H groups in total. The lowest BCUT2D eigenvalue weighted by Gasteiger charge is -2.36. The van der Waals surface area contributed by atoms with Crippen LogP contribution in [0.25, 0.3) is 0 Å². The van der Waals surface area contributed by atoms with Crippen molar-refractivity contribution in [2.75, 3.05) is 6.54 Å². The third-order valence-electron chi connectivity index (χ3n) is 4.22. The number of hydrogen-bond acceptors (Lipinski definition) is 2. The summed E-state index contributed by atoms with van der Waals surface area (Å²) in [5.74, 6) is 0. The molecule has 1 aromatic carbocycles. The van der Waals surface area contributed by atoms with Gasteiger partial charge in [-0.05, 0) is 43.9 Å². The van der Waals surface area contributed by atoms with Gasteiger partial charge in [0.1, 0.15) is 0 Å². The van der Waals surface area contributed by atoms with Gasteiger partial charge in [-0.15, -0.1) is 0 Å². The summed E-state index contributed by atoms with van der Waals surface area (Å²) >= 11 is 9.87. The molecule has 1 aliphatic heterocycles. The van der Waals surface area contributed by atoms with E-state index in [2.05, 4.69) is 40.7 Å². The van der Waals surface area contributed by atoms with Crippen LogP contribution in [0.4, 0.5) is 0 Å². The molecule has 0 radical (unpaired) electrons. The van der Waals surface area contributed by atoms with E-state index in [1.807, 2.05) is 12.1 Å². The minimum atomic E-state index is 0.225. The third-order valence-corrected chi connectivity index (χ3v) is 5.04. The molecule has 4 heteroatoms. The Kier molecular flexibility index (Phi) is 5.29. The Morgan fingerprint density at radius 2 is 2.21 bits per heavy atom.